The molecule has 3 aromatic rings. The lowest BCUT2D eigenvalue weighted by Gasteiger charge is -2.28. The van der Waals surface area contributed by atoms with Crippen LogP contribution in [0.4, 0.5) is 0 Å². The fourth-order valence-corrected chi connectivity index (χ4v) is 5.88. The first kappa shape index (κ1) is 25.4. The van der Waals surface area contributed by atoms with Crippen molar-refractivity contribution >= 4 is 34.2 Å². The highest BCUT2D eigenvalue weighted by Crippen LogP contribution is 2.35. The van der Waals surface area contributed by atoms with Gasteiger partial charge in [-0.05, 0) is 80.2 Å². The molecular formula is C27H34N2O2S2. The Bertz CT molecular complexity index is 1010. The Morgan fingerprint density at radius 1 is 1.06 bits per heavy atom. The van der Waals surface area contributed by atoms with Crippen LogP contribution in [0.25, 0.3) is 5.57 Å². The van der Waals surface area contributed by atoms with Crippen LogP contribution < -0.4 is 5.32 Å². The molecule has 2 heterocycles. The van der Waals surface area contributed by atoms with Crippen molar-refractivity contribution in [1.29, 1.82) is 0 Å². The molecule has 1 amide bonds. The topological polar surface area (TPSA) is 52.6 Å². The van der Waals surface area contributed by atoms with E-state index in [-0.39, 0.29) is 11.9 Å². The molecule has 0 radical (unpaired) electrons. The number of benzene rings is 1. The van der Waals surface area contributed by atoms with E-state index in [2.05, 4.69) is 53.0 Å². The number of hydrogen-bond acceptors (Lipinski definition) is 5. The highest BCUT2D eigenvalue weighted by molar-refractivity contribution is 7.14. The van der Waals surface area contributed by atoms with Crippen LogP contribution in [0.5, 0.6) is 0 Å². The van der Waals surface area contributed by atoms with Gasteiger partial charge in [-0.2, -0.15) is 0 Å². The fraction of sp³-hybridized carbons (Fsp3) is 0.370. The monoisotopic (exact) mass is 482 g/mol. The summed E-state index contributed by atoms with van der Waals surface area (Å²) in [5, 5.41) is 17.3. The molecule has 0 aliphatic rings. The molecule has 0 saturated heterocycles. The number of amides is 1. The second-order valence-electron chi connectivity index (χ2n) is 8.56. The SMILES string of the molecule is Cc1ccsc1C(=CCCN(C)C(CC(C)O)C(=O)NCc1ccccc1)c1sccc1C. The number of aliphatic hydroxyl groups excluding tert-OH is 1. The summed E-state index contributed by atoms with van der Waals surface area (Å²) in [6, 6.07) is 13.9. The van der Waals surface area contributed by atoms with Gasteiger partial charge in [0.2, 0.25) is 5.91 Å². The number of rotatable bonds is 11. The van der Waals surface area contributed by atoms with Crippen LogP contribution in [0.2, 0.25) is 0 Å². The van der Waals surface area contributed by atoms with Crippen LogP contribution in [0.3, 0.4) is 0 Å². The number of likely N-dealkylation sites (N-methyl/N-ethyl adjacent to an activating group) is 1. The molecule has 33 heavy (non-hydrogen) atoms. The zero-order chi connectivity index (χ0) is 23.8. The number of hydrogen-bond donors (Lipinski definition) is 2. The summed E-state index contributed by atoms with van der Waals surface area (Å²) >= 11 is 3.55. The number of nitrogens with one attached hydrogen (secondary N) is 1. The first-order chi connectivity index (χ1) is 15.9. The zero-order valence-corrected chi connectivity index (χ0v) is 21.5. The van der Waals surface area contributed by atoms with Crippen molar-refractivity contribution in [1.82, 2.24) is 10.2 Å². The fourth-order valence-electron chi connectivity index (χ4n) is 3.87. The van der Waals surface area contributed by atoms with Crippen LogP contribution in [-0.4, -0.2) is 41.7 Å². The lowest BCUT2D eigenvalue weighted by Crippen LogP contribution is -2.46. The Hall–Kier alpha value is -2.25. The molecule has 0 aliphatic heterocycles. The van der Waals surface area contributed by atoms with Gasteiger partial charge in [0.05, 0.1) is 12.1 Å². The predicted molar refractivity (Wildman–Crippen MR) is 141 cm³/mol. The van der Waals surface area contributed by atoms with Gasteiger partial charge in [0.15, 0.2) is 0 Å². The minimum Gasteiger partial charge on any atom is -0.393 e. The quantitative estimate of drug-likeness (QED) is 0.372. The van der Waals surface area contributed by atoms with Gasteiger partial charge in [-0.15, -0.1) is 22.7 Å². The molecule has 2 aromatic heterocycles. The van der Waals surface area contributed by atoms with Crippen molar-refractivity contribution in [3.63, 3.8) is 0 Å². The first-order valence-electron chi connectivity index (χ1n) is 11.4. The van der Waals surface area contributed by atoms with Crippen molar-refractivity contribution < 1.29 is 9.90 Å². The van der Waals surface area contributed by atoms with Gasteiger partial charge in [0, 0.05) is 28.4 Å². The minimum absolute atomic E-state index is 0.0466. The largest absolute Gasteiger partial charge is 0.393 e. The molecule has 2 unspecified atom stereocenters. The normalized spacial score (nSPS) is 13.0. The zero-order valence-electron chi connectivity index (χ0n) is 19.9. The van der Waals surface area contributed by atoms with E-state index in [0.29, 0.717) is 13.0 Å². The molecule has 6 heteroatoms. The smallest absolute Gasteiger partial charge is 0.237 e. The van der Waals surface area contributed by atoms with E-state index in [9.17, 15) is 9.90 Å². The third kappa shape index (κ3) is 7.11. The number of thiophene rings is 2. The van der Waals surface area contributed by atoms with E-state index in [1.807, 2.05) is 37.4 Å². The highest BCUT2D eigenvalue weighted by Gasteiger charge is 2.24. The molecule has 3 rings (SSSR count). The van der Waals surface area contributed by atoms with Crippen LogP contribution in [0.15, 0.2) is 59.3 Å². The molecule has 0 aliphatic carbocycles. The highest BCUT2D eigenvalue weighted by atomic mass is 32.1. The van der Waals surface area contributed by atoms with Gasteiger partial charge in [0.1, 0.15) is 0 Å². The van der Waals surface area contributed by atoms with Crippen molar-refractivity contribution in [3.05, 3.63) is 85.7 Å². The number of aryl methyl sites for hydroxylation is 2. The predicted octanol–water partition coefficient (Wildman–Crippen LogP) is 5.64. The number of nitrogens with zero attached hydrogens (tertiary/aromatic N) is 1. The first-order valence-corrected chi connectivity index (χ1v) is 13.1. The molecular weight excluding hydrogens is 448 g/mol. The summed E-state index contributed by atoms with van der Waals surface area (Å²) in [5.74, 6) is -0.0466. The van der Waals surface area contributed by atoms with Gasteiger partial charge in [-0.1, -0.05) is 36.4 Å². The maximum absolute atomic E-state index is 13.0. The minimum atomic E-state index is -0.548. The lowest BCUT2D eigenvalue weighted by atomic mass is 10.0. The number of carbonyl (C=O) groups excluding carboxylic acids is 1. The average molecular weight is 483 g/mol. The molecule has 0 bridgehead atoms. The van der Waals surface area contributed by atoms with Gasteiger partial charge in [-0.25, -0.2) is 0 Å². The summed E-state index contributed by atoms with van der Waals surface area (Å²) in [6.07, 6.45) is 2.98. The van der Waals surface area contributed by atoms with Gasteiger partial charge >= 0.3 is 0 Å². The maximum atomic E-state index is 13.0. The van der Waals surface area contributed by atoms with Crippen molar-refractivity contribution in [2.24, 2.45) is 0 Å². The van der Waals surface area contributed by atoms with Crippen LogP contribution in [0, 0.1) is 13.8 Å². The Kier molecular flexibility index (Phi) is 9.44. The number of carbonyl (C=O) groups is 1. The van der Waals surface area contributed by atoms with Crippen molar-refractivity contribution in [3.8, 4) is 0 Å². The Labute approximate surface area is 205 Å². The molecule has 2 atom stereocenters. The van der Waals surface area contributed by atoms with E-state index in [1.54, 1.807) is 29.6 Å². The van der Waals surface area contributed by atoms with E-state index in [0.717, 1.165) is 18.5 Å². The summed E-state index contributed by atoms with van der Waals surface area (Å²) < 4.78 is 0. The van der Waals surface area contributed by atoms with Crippen LogP contribution >= 0.6 is 22.7 Å². The maximum Gasteiger partial charge on any atom is 0.237 e. The van der Waals surface area contributed by atoms with Crippen molar-refractivity contribution in [2.75, 3.05) is 13.6 Å². The van der Waals surface area contributed by atoms with Gasteiger partial charge < -0.3 is 10.4 Å². The van der Waals surface area contributed by atoms with E-state index >= 15 is 0 Å². The lowest BCUT2D eigenvalue weighted by molar-refractivity contribution is -0.127. The van der Waals surface area contributed by atoms with E-state index in [1.165, 1.54) is 26.5 Å². The molecule has 2 N–H and O–H groups in total. The number of aliphatic hydroxyl groups is 1. The second-order valence-corrected chi connectivity index (χ2v) is 10.4. The summed E-state index contributed by atoms with van der Waals surface area (Å²) in [5.41, 5.74) is 4.93. The molecule has 0 fully saturated rings. The van der Waals surface area contributed by atoms with E-state index < -0.39 is 6.10 Å². The molecule has 4 nitrogen and oxygen atoms in total. The standard InChI is InChI=1S/C27H34N2O2S2/c1-19-12-15-32-25(19)23(26-20(2)13-16-33-26)11-8-14-29(4)24(17-21(3)30)27(31)28-18-22-9-6-5-7-10-22/h5-7,9-13,15-16,21,24,30H,8,14,17-18H2,1-4H3,(H,28,31). The van der Waals surface area contributed by atoms with Crippen LogP contribution in [0.1, 0.15) is 46.2 Å². The Balaban J connectivity index is 1.69. The van der Waals surface area contributed by atoms with Gasteiger partial charge in [0.25, 0.3) is 0 Å². The third-order valence-corrected chi connectivity index (χ3v) is 7.85. The third-order valence-electron chi connectivity index (χ3n) is 5.75. The van der Waals surface area contributed by atoms with E-state index in [4.69, 9.17) is 0 Å². The van der Waals surface area contributed by atoms with Crippen molar-refractivity contribution in [2.45, 2.75) is 52.3 Å². The average Bonchev–Trinajstić information content (AvgIpc) is 3.42. The summed E-state index contributed by atoms with van der Waals surface area (Å²) in [4.78, 5) is 17.7. The van der Waals surface area contributed by atoms with Crippen LogP contribution in [-0.2, 0) is 11.3 Å². The Morgan fingerprint density at radius 3 is 2.18 bits per heavy atom. The molecule has 176 valence electrons. The second kappa shape index (κ2) is 12.3. The summed E-state index contributed by atoms with van der Waals surface area (Å²) in [7, 11) is 1.97. The molecule has 0 spiro atoms. The Morgan fingerprint density at radius 2 is 1.67 bits per heavy atom. The molecule has 0 saturated carbocycles. The molecule has 1 aromatic carbocycles. The summed E-state index contributed by atoms with van der Waals surface area (Å²) in [6.45, 7) is 7.27. The van der Waals surface area contributed by atoms with Gasteiger partial charge in [-0.3, -0.25) is 9.69 Å².